The van der Waals surface area contributed by atoms with E-state index in [2.05, 4.69) is 25.8 Å². The topological polar surface area (TPSA) is 64.5 Å². The molecule has 2 aromatic heterocycles. The summed E-state index contributed by atoms with van der Waals surface area (Å²) in [5, 5.41) is 19.3. The summed E-state index contributed by atoms with van der Waals surface area (Å²) in [6.45, 7) is 0. The van der Waals surface area contributed by atoms with Gasteiger partial charge >= 0.3 is 0 Å². The largest absolute Gasteiger partial charge is 0.217 e. The minimum Gasteiger partial charge on any atom is -0.140 e. The van der Waals surface area contributed by atoms with E-state index in [-0.39, 0.29) is 0 Å². The molecule has 0 bridgehead atoms. The van der Waals surface area contributed by atoms with Gasteiger partial charge in [0.25, 0.3) is 0 Å². The van der Waals surface area contributed by atoms with Crippen LogP contribution < -0.4 is 0 Å². The van der Waals surface area contributed by atoms with Gasteiger partial charge in [-0.3, -0.25) is 0 Å². The molecule has 0 aromatic carbocycles. The lowest BCUT2D eigenvalue weighted by atomic mass is 10.5. The highest BCUT2D eigenvalue weighted by Gasteiger charge is 2.00. The number of thiophene rings is 1. The average Bonchev–Trinajstić information content (AvgIpc) is 2.58. The van der Waals surface area contributed by atoms with Gasteiger partial charge in [0.2, 0.25) is 5.82 Å². The minimum atomic E-state index is 0.523. The third-order valence-corrected chi connectivity index (χ3v) is 1.97. The number of hydrogen-bond donors (Lipinski definition) is 0. The van der Waals surface area contributed by atoms with Crippen LogP contribution >= 0.6 is 11.3 Å². The zero-order valence-electron chi connectivity index (χ0n) is 5.38. The number of hydrogen-bond acceptors (Lipinski definition) is 6. The Morgan fingerprint density at radius 3 is 2.55 bits per heavy atom. The Labute approximate surface area is 66.1 Å². The summed E-state index contributed by atoms with van der Waals surface area (Å²) < 4.78 is 0. The molecule has 2 aromatic rings. The van der Waals surface area contributed by atoms with Crippen molar-refractivity contribution in [2.75, 3.05) is 0 Å². The van der Waals surface area contributed by atoms with Crippen LogP contribution in [0.25, 0.3) is 10.7 Å². The van der Waals surface area contributed by atoms with Crippen LogP contribution in [0.3, 0.4) is 0 Å². The highest BCUT2D eigenvalue weighted by Crippen LogP contribution is 2.18. The highest BCUT2D eigenvalue weighted by atomic mass is 32.1. The predicted molar refractivity (Wildman–Crippen MR) is 38.7 cm³/mol. The van der Waals surface area contributed by atoms with Gasteiger partial charge in [-0.2, -0.15) is 0 Å². The molecular formula is C5H3N5S. The van der Waals surface area contributed by atoms with Crippen LogP contribution in [-0.4, -0.2) is 25.8 Å². The van der Waals surface area contributed by atoms with Gasteiger partial charge in [0, 0.05) is 0 Å². The van der Waals surface area contributed by atoms with Gasteiger partial charge in [-0.25, -0.2) is 0 Å². The maximum atomic E-state index is 3.70. The first kappa shape index (κ1) is 6.29. The van der Waals surface area contributed by atoms with Gasteiger partial charge in [-0.1, -0.05) is 6.07 Å². The summed E-state index contributed by atoms with van der Waals surface area (Å²) in [5.41, 5.74) is 0. The van der Waals surface area contributed by atoms with Crippen LogP contribution in [0.1, 0.15) is 0 Å². The SMILES string of the molecule is c1csc(-c2nnnnn2)c1. The third-order valence-electron chi connectivity index (χ3n) is 1.10. The standard InChI is InChI=1S/C5H3N5S/c1-2-4(11-3-1)5-6-8-10-9-7-5/h1-3H. The summed E-state index contributed by atoms with van der Waals surface area (Å²) in [5.74, 6) is 0.523. The molecule has 0 amide bonds. The summed E-state index contributed by atoms with van der Waals surface area (Å²) in [6.07, 6.45) is 0. The van der Waals surface area contributed by atoms with Crippen molar-refractivity contribution < 1.29 is 0 Å². The van der Waals surface area contributed by atoms with Crippen molar-refractivity contribution >= 4 is 11.3 Å². The summed E-state index contributed by atoms with van der Waals surface area (Å²) >= 11 is 1.54. The fourth-order valence-electron chi connectivity index (χ4n) is 0.667. The van der Waals surface area contributed by atoms with Crippen molar-refractivity contribution in [3.8, 4) is 10.7 Å². The molecule has 2 heterocycles. The van der Waals surface area contributed by atoms with Gasteiger partial charge in [0.1, 0.15) is 0 Å². The normalized spacial score (nSPS) is 9.82. The summed E-state index contributed by atoms with van der Waals surface area (Å²) in [4.78, 5) is 0.951. The fraction of sp³-hybridized carbons (Fsp3) is 0. The van der Waals surface area contributed by atoms with Crippen molar-refractivity contribution in [1.29, 1.82) is 0 Å². The van der Waals surface area contributed by atoms with Gasteiger partial charge in [0.15, 0.2) is 0 Å². The van der Waals surface area contributed by atoms with E-state index in [4.69, 9.17) is 0 Å². The Balaban J connectivity index is 2.46. The molecule has 0 atom stereocenters. The monoisotopic (exact) mass is 165 g/mol. The zero-order valence-corrected chi connectivity index (χ0v) is 6.19. The van der Waals surface area contributed by atoms with Gasteiger partial charge < -0.3 is 0 Å². The maximum Gasteiger partial charge on any atom is 0.217 e. The van der Waals surface area contributed by atoms with E-state index in [0.29, 0.717) is 5.82 Å². The smallest absolute Gasteiger partial charge is 0.140 e. The van der Waals surface area contributed by atoms with Gasteiger partial charge in [0.05, 0.1) is 4.88 Å². The number of rotatable bonds is 1. The molecule has 0 N–H and O–H groups in total. The Hall–Kier alpha value is -1.43. The first-order valence-corrected chi connectivity index (χ1v) is 3.77. The second kappa shape index (κ2) is 2.67. The van der Waals surface area contributed by atoms with E-state index < -0.39 is 0 Å². The maximum absolute atomic E-state index is 3.70. The lowest BCUT2D eigenvalue weighted by Gasteiger charge is -1.86. The van der Waals surface area contributed by atoms with Crippen molar-refractivity contribution in [2.24, 2.45) is 0 Å². The van der Waals surface area contributed by atoms with Crippen molar-refractivity contribution in [1.82, 2.24) is 25.8 Å². The van der Waals surface area contributed by atoms with Crippen LogP contribution in [0.5, 0.6) is 0 Å². The Morgan fingerprint density at radius 2 is 1.91 bits per heavy atom. The predicted octanol–water partition coefficient (Wildman–Crippen LogP) is 0.390. The van der Waals surface area contributed by atoms with Crippen LogP contribution in [0.2, 0.25) is 0 Å². The van der Waals surface area contributed by atoms with Crippen molar-refractivity contribution in [3.05, 3.63) is 17.5 Å². The van der Waals surface area contributed by atoms with E-state index >= 15 is 0 Å². The molecule has 0 aliphatic carbocycles. The first-order chi connectivity index (χ1) is 5.47. The number of nitrogens with zero attached hydrogens (tertiary/aromatic N) is 5. The molecule has 0 aliphatic rings. The second-order valence-corrected chi connectivity index (χ2v) is 2.72. The molecule has 0 spiro atoms. The molecule has 0 aliphatic heterocycles. The lowest BCUT2D eigenvalue weighted by molar-refractivity contribution is 0.688. The average molecular weight is 165 g/mol. The van der Waals surface area contributed by atoms with E-state index in [1.165, 1.54) is 0 Å². The Kier molecular flexibility index (Phi) is 1.53. The molecule has 0 fully saturated rings. The van der Waals surface area contributed by atoms with Gasteiger partial charge in [-0.15, -0.1) is 21.5 Å². The lowest BCUT2D eigenvalue weighted by Crippen LogP contribution is -1.96. The molecule has 0 saturated carbocycles. The quantitative estimate of drug-likeness (QED) is 0.611. The molecule has 6 heteroatoms. The van der Waals surface area contributed by atoms with Crippen molar-refractivity contribution in [2.45, 2.75) is 0 Å². The molecule has 5 nitrogen and oxygen atoms in total. The molecule has 2 rings (SSSR count). The Morgan fingerprint density at radius 1 is 1.09 bits per heavy atom. The van der Waals surface area contributed by atoms with Crippen molar-refractivity contribution in [3.63, 3.8) is 0 Å². The van der Waals surface area contributed by atoms with E-state index in [1.54, 1.807) is 11.3 Å². The second-order valence-electron chi connectivity index (χ2n) is 1.77. The van der Waals surface area contributed by atoms with Gasteiger partial charge in [-0.05, 0) is 27.1 Å². The molecule has 54 valence electrons. The van der Waals surface area contributed by atoms with Crippen LogP contribution in [0.4, 0.5) is 0 Å². The molecular weight excluding hydrogens is 162 g/mol. The fourth-order valence-corrected chi connectivity index (χ4v) is 1.31. The third kappa shape index (κ3) is 1.20. The van der Waals surface area contributed by atoms with E-state index in [1.807, 2.05) is 17.5 Å². The van der Waals surface area contributed by atoms with E-state index in [9.17, 15) is 0 Å². The zero-order chi connectivity index (χ0) is 7.52. The van der Waals surface area contributed by atoms with Crippen LogP contribution in [0, 0.1) is 0 Å². The molecule has 11 heavy (non-hydrogen) atoms. The molecule has 0 unspecified atom stereocenters. The molecule has 0 saturated heterocycles. The van der Waals surface area contributed by atoms with Crippen LogP contribution in [0.15, 0.2) is 17.5 Å². The highest BCUT2D eigenvalue weighted by molar-refractivity contribution is 7.13. The summed E-state index contributed by atoms with van der Waals surface area (Å²) in [7, 11) is 0. The first-order valence-electron chi connectivity index (χ1n) is 2.89. The van der Waals surface area contributed by atoms with Crippen LogP contribution in [-0.2, 0) is 0 Å². The minimum absolute atomic E-state index is 0.523. The summed E-state index contributed by atoms with van der Waals surface area (Å²) in [6, 6.07) is 3.83. The van der Waals surface area contributed by atoms with E-state index in [0.717, 1.165) is 4.88 Å². The molecule has 0 radical (unpaired) electrons. The number of aromatic nitrogens is 5. The Bertz CT molecular complexity index is 318.